The fraction of sp³-hybridized carbons (Fsp3) is 0.600. The molecule has 18 heavy (non-hydrogen) atoms. The Morgan fingerprint density at radius 1 is 1.50 bits per heavy atom. The molecule has 0 spiro atoms. The van der Waals surface area contributed by atoms with Gasteiger partial charge in [-0.2, -0.15) is 0 Å². The van der Waals surface area contributed by atoms with Crippen molar-refractivity contribution in [3.05, 3.63) is 35.6 Å². The molecule has 3 heteroatoms. The van der Waals surface area contributed by atoms with Crippen LogP contribution in [0.5, 0.6) is 0 Å². The molecule has 1 aliphatic rings. The van der Waals surface area contributed by atoms with E-state index in [1.807, 2.05) is 6.07 Å². The van der Waals surface area contributed by atoms with Gasteiger partial charge in [-0.05, 0) is 38.0 Å². The lowest BCUT2D eigenvalue weighted by molar-refractivity contribution is -0.129. The third-order valence-corrected chi connectivity index (χ3v) is 3.62. The lowest BCUT2D eigenvalue weighted by Crippen LogP contribution is -2.53. The molecule has 2 rings (SSSR count). The molecule has 3 atom stereocenters. The van der Waals surface area contributed by atoms with E-state index < -0.39 is 0 Å². The first-order chi connectivity index (χ1) is 8.54. The Labute approximate surface area is 109 Å². The molecule has 0 saturated carbocycles. The Bertz CT molecular complexity index is 409. The Hall–Kier alpha value is -0.930. The molecule has 1 fully saturated rings. The highest BCUT2D eigenvalue weighted by Gasteiger charge is 2.36. The van der Waals surface area contributed by atoms with Crippen LogP contribution in [0.4, 0.5) is 4.39 Å². The lowest BCUT2D eigenvalue weighted by atomic mass is 9.93. The number of ether oxygens (including phenoxy) is 1. The first-order valence-electron chi connectivity index (χ1n) is 6.71. The van der Waals surface area contributed by atoms with Crippen molar-refractivity contribution < 1.29 is 9.13 Å². The van der Waals surface area contributed by atoms with Crippen LogP contribution >= 0.6 is 0 Å². The van der Waals surface area contributed by atoms with Gasteiger partial charge in [0.15, 0.2) is 0 Å². The van der Waals surface area contributed by atoms with Crippen LogP contribution < -0.4 is 5.32 Å². The second kappa shape index (κ2) is 5.37. The summed E-state index contributed by atoms with van der Waals surface area (Å²) in [6.45, 7) is 7.22. The molecular weight excluding hydrogens is 229 g/mol. The van der Waals surface area contributed by atoms with E-state index in [-0.39, 0.29) is 23.6 Å². The maximum Gasteiger partial charge on any atom is 0.123 e. The zero-order valence-electron chi connectivity index (χ0n) is 11.4. The van der Waals surface area contributed by atoms with Crippen molar-refractivity contribution in [2.75, 3.05) is 6.54 Å². The van der Waals surface area contributed by atoms with Gasteiger partial charge in [-0.3, -0.25) is 0 Å². The number of morpholine rings is 1. The zero-order chi connectivity index (χ0) is 13.2. The topological polar surface area (TPSA) is 21.3 Å². The Kier molecular flexibility index (Phi) is 4.03. The maximum absolute atomic E-state index is 13.3. The SMILES string of the molecule is CCCC1(C)CNC(C)C(c2cccc(F)c2)O1. The summed E-state index contributed by atoms with van der Waals surface area (Å²) in [5.41, 5.74) is 0.759. The summed E-state index contributed by atoms with van der Waals surface area (Å²) in [7, 11) is 0. The van der Waals surface area contributed by atoms with Crippen LogP contribution in [0, 0.1) is 5.82 Å². The minimum Gasteiger partial charge on any atom is -0.364 e. The van der Waals surface area contributed by atoms with Gasteiger partial charge in [0.25, 0.3) is 0 Å². The molecule has 0 amide bonds. The fourth-order valence-electron chi connectivity index (χ4n) is 2.65. The molecule has 1 N–H and O–H groups in total. The minimum absolute atomic E-state index is 0.0778. The van der Waals surface area contributed by atoms with Gasteiger partial charge in [0.1, 0.15) is 5.82 Å². The summed E-state index contributed by atoms with van der Waals surface area (Å²) in [6, 6.07) is 6.92. The molecule has 0 aromatic heterocycles. The van der Waals surface area contributed by atoms with Crippen molar-refractivity contribution in [1.29, 1.82) is 0 Å². The van der Waals surface area contributed by atoms with E-state index in [1.54, 1.807) is 12.1 Å². The number of halogens is 1. The highest BCUT2D eigenvalue weighted by atomic mass is 19.1. The molecule has 0 bridgehead atoms. The van der Waals surface area contributed by atoms with E-state index in [0.717, 1.165) is 24.9 Å². The van der Waals surface area contributed by atoms with Crippen molar-refractivity contribution >= 4 is 0 Å². The van der Waals surface area contributed by atoms with Gasteiger partial charge < -0.3 is 10.1 Å². The number of nitrogens with one attached hydrogen (secondary N) is 1. The molecule has 1 saturated heterocycles. The lowest BCUT2D eigenvalue weighted by Gasteiger charge is -2.43. The zero-order valence-corrected chi connectivity index (χ0v) is 11.4. The second-order valence-electron chi connectivity index (χ2n) is 5.46. The average Bonchev–Trinajstić information content (AvgIpc) is 2.33. The summed E-state index contributed by atoms with van der Waals surface area (Å²) >= 11 is 0. The summed E-state index contributed by atoms with van der Waals surface area (Å²) in [5, 5.41) is 3.48. The number of hydrogen-bond donors (Lipinski definition) is 1. The maximum atomic E-state index is 13.3. The number of benzene rings is 1. The van der Waals surface area contributed by atoms with Crippen LogP contribution in [-0.4, -0.2) is 18.2 Å². The van der Waals surface area contributed by atoms with E-state index in [2.05, 4.69) is 26.1 Å². The van der Waals surface area contributed by atoms with Crippen molar-refractivity contribution in [2.45, 2.75) is 51.4 Å². The van der Waals surface area contributed by atoms with E-state index in [1.165, 1.54) is 6.07 Å². The van der Waals surface area contributed by atoms with Crippen molar-refractivity contribution in [2.24, 2.45) is 0 Å². The summed E-state index contributed by atoms with van der Waals surface area (Å²) in [4.78, 5) is 0. The minimum atomic E-state index is -0.203. The van der Waals surface area contributed by atoms with E-state index in [4.69, 9.17) is 4.74 Å². The molecule has 0 radical (unpaired) electrons. The number of hydrogen-bond acceptors (Lipinski definition) is 2. The largest absolute Gasteiger partial charge is 0.364 e. The van der Waals surface area contributed by atoms with Crippen LogP contribution in [0.25, 0.3) is 0 Å². The van der Waals surface area contributed by atoms with Crippen LogP contribution in [-0.2, 0) is 4.74 Å². The van der Waals surface area contributed by atoms with Crippen molar-refractivity contribution in [1.82, 2.24) is 5.32 Å². The van der Waals surface area contributed by atoms with Crippen LogP contribution in [0.2, 0.25) is 0 Å². The van der Waals surface area contributed by atoms with Crippen molar-refractivity contribution in [3.63, 3.8) is 0 Å². The first-order valence-corrected chi connectivity index (χ1v) is 6.71. The van der Waals surface area contributed by atoms with Crippen LogP contribution in [0.1, 0.15) is 45.3 Å². The van der Waals surface area contributed by atoms with Crippen LogP contribution in [0.15, 0.2) is 24.3 Å². The van der Waals surface area contributed by atoms with Gasteiger partial charge in [0.2, 0.25) is 0 Å². The van der Waals surface area contributed by atoms with Gasteiger partial charge in [0, 0.05) is 12.6 Å². The molecular formula is C15H22FNO. The van der Waals surface area contributed by atoms with E-state index >= 15 is 0 Å². The predicted molar refractivity (Wildman–Crippen MR) is 71.0 cm³/mol. The van der Waals surface area contributed by atoms with Gasteiger partial charge >= 0.3 is 0 Å². The van der Waals surface area contributed by atoms with Gasteiger partial charge in [-0.1, -0.05) is 25.5 Å². The molecule has 0 aliphatic carbocycles. The predicted octanol–water partition coefficient (Wildman–Crippen LogP) is 3.43. The molecule has 3 unspecified atom stereocenters. The summed E-state index contributed by atoms with van der Waals surface area (Å²) < 4.78 is 19.6. The molecule has 1 aromatic carbocycles. The fourth-order valence-corrected chi connectivity index (χ4v) is 2.65. The van der Waals surface area contributed by atoms with E-state index in [0.29, 0.717) is 0 Å². The van der Waals surface area contributed by atoms with Gasteiger partial charge in [-0.15, -0.1) is 0 Å². The number of rotatable bonds is 3. The Morgan fingerprint density at radius 3 is 2.94 bits per heavy atom. The smallest absolute Gasteiger partial charge is 0.123 e. The molecule has 1 aliphatic heterocycles. The first kappa shape index (κ1) is 13.5. The summed E-state index contributed by atoms with van der Waals surface area (Å²) in [6.07, 6.45) is 2.02. The Morgan fingerprint density at radius 2 is 2.28 bits per heavy atom. The standard InChI is InChI=1S/C15H22FNO/c1-4-8-15(3)10-17-11(2)14(18-15)12-6-5-7-13(16)9-12/h5-7,9,11,14,17H,4,8,10H2,1-3H3. The third kappa shape index (κ3) is 2.90. The highest BCUT2D eigenvalue weighted by Crippen LogP contribution is 2.33. The molecule has 1 heterocycles. The molecule has 2 nitrogen and oxygen atoms in total. The Balaban J connectivity index is 2.20. The summed E-state index contributed by atoms with van der Waals surface area (Å²) in [5.74, 6) is -0.203. The average molecular weight is 251 g/mol. The highest BCUT2D eigenvalue weighted by molar-refractivity contribution is 5.21. The second-order valence-corrected chi connectivity index (χ2v) is 5.46. The quantitative estimate of drug-likeness (QED) is 0.888. The third-order valence-electron chi connectivity index (χ3n) is 3.62. The molecule has 100 valence electrons. The monoisotopic (exact) mass is 251 g/mol. The van der Waals surface area contributed by atoms with Crippen LogP contribution in [0.3, 0.4) is 0 Å². The van der Waals surface area contributed by atoms with Gasteiger partial charge in [-0.25, -0.2) is 4.39 Å². The van der Waals surface area contributed by atoms with Gasteiger partial charge in [0.05, 0.1) is 11.7 Å². The molecule has 1 aromatic rings. The van der Waals surface area contributed by atoms with Crippen molar-refractivity contribution in [3.8, 4) is 0 Å². The van der Waals surface area contributed by atoms with E-state index in [9.17, 15) is 4.39 Å². The normalized spacial score (nSPS) is 32.4.